The Balaban J connectivity index is 3.52. The molecule has 0 heterocycles. The van der Waals surface area contributed by atoms with Crippen molar-refractivity contribution >= 4 is 61.1 Å². The van der Waals surface area contributed by atoms with Crippen molar-refractivity contribution < 1.29 is 5.11 Å². The lowest BCUT2D eigenvalue weighted by Crippen LogP contribution is -1.86. The predicted octanol–water partition coefficient (Wildman–Crippen LogP) is 3.24. The molecule has 0 fully saturated rings. The maximum atomic E-state index is 9.45. The van der Waals surface area contributed by atoms with Gasteiger partial charge < -0.3 is 5.11 Å². The Morgan fingerprint density at radius 1 is 1.50 bits per heavy atom. The van der Waals surface area contributed by atoms with Crippen molar-refractivity contribution in [2.75, 3.05) is 0 Å². The van der Waals surface area contributed by atoms with Crippen molar-refractivity contribution in [3.8, 4) is 11.8 Å². The normalized spacial score (nSPS) is 9.50. The maximum Gasteiger partial charge on any atom is 0.143 e. The second-order valence-electron chi connectivity index (χ2n) is 1.99. The third kappa shape index (κ3) is 1.85. The molecule has 0 aromatic heterocycles. The molecule has 0 amide bonds. The molecule has 0 aliphatic rings. The summed E-state index contributed by atoms with van der Waals surface area (Å²) >= 11 is 7.21. The van der Waals surface area contributed by atoms with E-state index in [1.807, 2.05) is 51.3 Å². The number of aromatic hydroxyl groups is 1. The number of hydrogen-bond donors (Lipinski definition) is 1. The van der Waals surface area contributed by atoms with E-state index in [4.69, 9.17) is 5.26 Å². The van der Waals surface area contributed by atoms with Gasteiger partial charge in [-0.25, -0.2) is 0 Å². The molecule has 1 rings (SSSR count). The fourth-order valence-corrected chi connectivity index (χ4v) is 2.74. The Morgan fingerprint density at radius 2 is 2.08 bits per heavy atom. The summed E-state index contributed by atoms with van der Waals surface area (Å²) in [6.45, 7) is 0. The zero-order valence-corrected chi connectivity index (χ0v) is 11.5. The topological polar surface area (TPSA) is 44.0 Å². The van der Waals surface area contributed by atoms with E-state index in [1.165, 1.54) is 0 Å². The second-order valence-corrected chi connectivity index (χ2v) is 5.03. The number of nitrogens with zero attached hydrogens (tertiary/aromatic N) is 1. The lowest BCUT2D eigenvalue weighted by Gasteiger charge is -2.03. The Morgan fingerprint density at radius 3 is 2.58 bits per heavy atom. The Labute approximate surface area is 105 Å². The lowest BCUT2D eigenvalue weighted by molar-refractivity contribution is 0.467. The highest BCUT2D eigenvalue weighted by Gasteiger charge is 2.11. The van der Waals surface area contributed by atoms with Crippen LogP contribution < -0.4 is 0 Å². The maximum absolute atomic E-state index is 9.45. The second kappa shape index (κ2) is 4.11. The van der Waals surface area contributed by atoms with Gasteiger partial charge >= 0.3 is 0 Å². The van der Waals surface area contributed by atoms with E-state index >= 15 is 0 Å². The summed E-state index contributed by atoms with van der Waals surface area (Å²) in [5.74, 6) is 0.224. The zero-order chi connectivity index (χ0) is 9.30. The van der Waals surface area contributed by atoms with Crippen LogP contribution in [0.25, 0.3) is 0 Å². The molecular weight excluding hydrogens is 448 g/mol. The van der Waals surface area contributed by atoms with E-state index in [0.717, 1.165) is 0 Å². The molecule has 1 aromatic carbocycles. The van der Waals surface area contributed by atoms with Gasteiger partial charge in [-0.05, 0) is 67.2 Å². The minimum atomic E-state index is 0.224. The van der Waals surface area contributed by atoms with E-state index in [2.05, 4.69) is 15.9 Å². The number of hydrogen-bond acceptors (Lipinski definition) is 2. The van der Waals surface area contributed by atoms with Crippen LogP contribution in [0.5, 0.6) is 5.75 Å². The SMILES string of the molecule is N#Cc1cc(I)c(O)c(I)c1Br. The smallest absolute Gasteiger partial charge is 0.143 e. The summed E-state index contributed by atoms with van der Waals surface area (Å²) in [6.07, 6.45) is 0. The summed E-state index contributed by atoms with van der Waals surface area (Å²) in [7, 11) is 0. The minimum Gasteiger partial charge on any atom is -0.506 e. The van der Waals surface area contributed by atoms with Crippen LogP contribution in [-0.4, -0.2) is 5.11 Å². The number of nitriles is 1. The van der Waals surface area contributed by atoms with Crippen molar-refractivity contribution in [2.45, 2.75) is 0 Å². The van der Waals surface area contributed by atoms with E-state index < -0.39 is 0 Å². The molecule has 0 radical (unpaired) electrons. The molecule has 0 aliphatic carbocycles. The number of halogens is 3. The van der Waals surface area contributed by atoms with E-state index in [-0.39, 0.29) is 5.75 Å². The Kier molecular flexibility index (Phi) is 3.60. The number of phenolic OH excluding ortho intramolecular Hbond substituents is 1. The third-order valence-electron chi connectivity index (χ3n) is 1.25. The quantitative estimate of drug-likeness (QED) is 0.488. The van der Waals surface area contributed by atoms with Crippen LogP contribution in [0.15, 0.2) is 10.5 Å². The van der Waals surface area contributed by atoms with Crippen LogP contribution in [0.2, 0.25) is 0 Å². The average molecular weight is 450 g/mol. The molecule has 0 unspecified atom stereocenters. The fraction of sp³-hybridized carbons (Fsp3) is 0. The summed E-state index contributed by atoms with van der Waals surface area (Å²) in [5.41, 5.74) is 0.543. The van der Waals surface area contributed by atoms with Gasteiger partial charge in [0.2, 0.25) is 0 Å². The molecule has 0 saturated carbocycles. The molecule has 0 bridgehead atoms. The highest BCUT2D eigenvalue weighted by molar-refractivity contribution is 14.1. The lowest BCUT2D eigenvalue weighted by atomic mass is 10.2. The summed E-state index contributed by atoms with van der Waals surface area (Å²) in [4.78, 5) is 0. The highest BCUT2D eigenvalue weighted by atomic mass is 127. The molecule has 0 aliphatic heterocycles. The van der Waals surface area contributed by atoms with Crippen LogP contribution in [-0.2, 0) is 0 Å². The van der Waals surface area contributed by atoms with Gasteiger partial charge in [0.1, 0.15) is 11.8 Å². The first-order chi connectivity index (χ1) is 5.57. The highest BCUT2D eigenvalue weighted by Crippen LogP contribution is 2.34. The first-order valence-corrected chi connectivity index (χ1v) is 5.79. The van der Waals surface area contributed by atoms with Gasteiger partial charge in [-0.3, -0.25) is 0 Å². The van der Waals surface area contributed by atoms with Gasteiger partial charge in [-0.15, -0.1) is 0 Å². The molecule has 62 valence electrons. The van der Waals surface area contributed by atoms with Crippen molar-refractivity contribution in [3.05, 3.63) is 23.2 Å². The van der Waals surface area contributed by atoms with Gasteiger partial charge in [-0.1, -0.05) is 0 Å². The van der Waals surface area contributed by atoms with Crippen molar-refractivity contribution in [1.29, 1.82) is 5.26 Å². The van der Waals surface area contributed by atoms with E-state index in [9.17, 15) is 5.11 Å². The van der Waals surface area contributed by atoms with E-state index in [0.29, 0.717) is 17.2 Å². The molecule has 0 spiro atoms. The number of benzene rings is 1. The van der Waals surface area contributed by atoms with Gasteiger partial charge in [0.25, 0.3) is 0 Å². The average Bonchev–Trinajstić information content (AvgIpc) is 2.08. The summed E-state index contributed by atoms with van der Waals surface area (Å²) in [5, 5.41) is 18.1. The van der Waals surface area contributed by atoms with Crippen LogP contribution >= 0.6 is 61.1 Å². The minimum absolute atomic E-state index is 0.224. The molecule has 1 aromatic rings. The monoisotopic (exact) mass is 449 g/mol. The molecule has 5 heteroatoms. The van der Waals surface area contributed by atoms with Gasteiger partial charge in [0.15, 0.2) is 0 Å². The summed E-state index contributed by atoms with van der Waals surface area (Å²) in [6, 6.07) is 3.68. The standard InChI is InChI=1S/C7H2BrI2NO/c8-5-3(2-11)1-4(9)7(12)6(5)10/h1,12H. The molecule has 2 nitrogen and oxygen atoms in total. The fourth-order valence-electron chi connectivity index (χ4n) is 0.667. The third-order valence-corrected chi connectivity index (χ3v) is 4.69. The van der Waals surface area contributed by atoms with E-state index in [1.54, 1.807) is 6.07 Å². The van der Waals surface area contributed by atoms with Crippen LogP contribution in [0.3, 0.4) is 0 Å². The van der Waals surface area contributed by atoms with Gasteiger partial charge in [-0.2, -0.15) is 5.26 Å². The molecule has 1 N–H and O–H groups in total. The first kappa shape index (κ1) is 10.5. The van der Waals surface area contributed by atoms with Crippen LogP contribution in [0.4, 0.5) is 0 Å². The van der Waals surface area contributed by atoms with Crippen molar-refractivity contribution in [2.24, 2.45) is 0 Å². The number of rotatable bonds is 0. The largest absolute Gasteiger partial charge is 0.506 e. The van der Waals surface area contributed by atoms with Gasteiger partial charge in [0.05, 0.1) is 17.2 Å². The van der Waals surface area contributed by atoms with Crippen molar-refractivity contribution in [1.82, 2.24) is 0 Å². The number of phenols is 1. The first-order valence-electron chi connectivity index (χ1n) is 2.84. The Bertz CT molecular complexity index is 373. The molecule has 0 atom stereocenters. The molecule has 0 saturated heterocycles. The van der Waals surface area contributed by atoms with Crippen LogP contribution in [0, 0.1) is 18.5 Å². The van der Waals surface area contributed by atoms with Crippen LogP contribution in [0.1, 0.15) is 5.56 Å². The zero-order valence-electron chi connectivity index (χ0n) is 5.61. The molecular formula is C7H2BrI2NO. The predicted molar refractivity (Wildman–Crippen MR) is 66.0 cm³/mol. The Hall–Kier alpha value is 0.450. The molecule has 12 heavy (non-hydrogen) atoms. The van der Waals surface area contributed by atoms with Crippen molar-refractivity contribution in [3.63, 3.8) is 0 Å². The summed E-state index contributed by atoms with van der Waals surface area (Å²) < 4.78 is 2.02. The van der Waals surface area contributed by atoms with Gasteiger partial charge in [0, 0.05) is 0 Å².